The summed E-state index contributed by atoms with van der Waals surface area (Å²) in [5, 5.41) is 2.73. The Bertz CT molecular complexity index is 781. The van der Waals surface area contributed by atoms with E-state index in [1.807, 2.05) is 6.92 Å². The van der Waals surface area contributed by atoms with Crippen molar-refractivity contribution in [2.45, 2.75) is 39.2 Å². The maximum atomic E-state index is 13.1. The second-order valence-corrected chi connectivity index (χ2v) is 7.13. The third kappa shape index (κ3) is 3.63. The summed E-state index contributed by atoms with van der Waals surface area (Å²) in [4.78, 5) is 40.8. The van der Waals surface area contributed by atoms with Crippen LogP contribution in [0.15, 0.2) is 18.2 Å². The molecule has 0 unspecified atom stereocenters. The van der Waals surface area contributed by atoms with Gasteiger partial charge in [0.1, 0.15) is 25.3 Å². The van der Waals surface area contributed by atoms with E-state index in [0.717, 1.165) is 17.7 Å². The van der Waals surface area contributed by atoms with Crippen LogP contribution in [0.4, 0.5) is 4.79 Å². The lowest BCUT2D eigenvalue weighted by Crippen LogP contribution is -2.44. The topological polar surface area (TPSA) is 88.2 Å². The fourth-order valence-electron chi connectivity index (χ4n) is 3.43. The number of benzene rings is 1. The number of carbonyl (C=O) groups excluding carboxylic acids is 3. The van der Waals surface area contributed by atoms with Crippen molar-refractivity contribution in [2.24, 2.45) is 0 Å². The van der Waals surface area contributed by atoms with Crippen molar-refractivity contribution in [3.05, 3.63) is 23.8 Å². The normalized spacial score (nSPS) is 20.9. The molecular weight excluding hydrogens is 362 g/mol. The molecule has 152 valence electrons. The minimum Gasteiger partial charge on any atom is -0.486 e. The van der Waals surface area contributed by atoms with Gasteiger partial charge in [0.2, 0.25) is 5.91 Å². The van der Waals surface area contributed by atoms with E-state index < -0.39 is 17.5 Å². The van der Waals surface area contributed by atoms with E-state index >= 15 is 0 Å². The molecule has 0 aromatic heterocycles. The second kappa shape index (κ2) is 8.08. The number of imide groups is 1. The quantitative estimate of drug-likeness (QED) is 0.720. The Morgan fingerprint density at radius 1 is 1.21 bits per heavy atom. The van der Waals surface area contributed by atoms with E-state index in [1.54, 1.807) is 30.0 Å². The van der Waals surface area contributed by atoms with Gasteiger partial charge in [-0.15, -0.1) is 0 Å². The summed E-state index contributed by atoms with van der Waals surface area (Å²) in [7, 11) is 0. The van der Waals surface area contributed by atoms with Crippen LogP contribution in [0.5, 0.6) is 11.5 Å². The zero-order valence-corrected chi connectivity index (χ0v) is 16.6. The lowest BCUT2D eigenvalue weighted by molar-refractivity contribution is -0.138. The number of nitrogens with one attached hydrogen (secondary N) is 1. The zero-order valence-electron chi connectivity index (χ0n) is 16.6. The van der Waals surface area contributed by atoms with Crippen LogP contribution in [0.1, 0.15) is 39.2 Å². The van der Waals surface area contributed by atoms with Gasteiger partial charge in [0.25, 0.3) is 5.91 Å². The molecule has 2 aliphatic rings. The third-order valence-corrected chi connectivity index (χ3v) is 5.20. The molecule has 0 saturated carbocycles. The molecule has 8 nitrogen and oxygen atoms in total. The summed E-state index contributed by atoms with van der Waals surface area (Å²) in [6, 6.07) is 4.60. The van der Waals surface area contributed by atoms with Gasteiger partial charge < -0.3 is 19.7 Å². The minimum absolute atomic E-state index is 0.231. The monoisotopic (exact) mass is 389 g/mol. The maximum Gasteiger partial charge on any atom is 0.325 e. The summed E-state index contributed by atoms with van der Waals surface area (Å²) in [6.45, 7) is 7.38. The molecule has 1 atom stereocenters. The lowest BCUT2D eigenvalue weighted by Gasteiger charge is -2.26. The Morgan fingerprint density at radius 3 is 2.61 bits per heavy atom. The largest absolute Gasteiger partial charge is 0.486 e. The van der Waals surface area contributed by atoms with E-state index in [1.165, 1.54) is 0 Å². The van der Waals surface area contributed by atoms with Gasteiger partial charge in [-0.3, -0.25) is 14.5 Å². The van der Waals surface area contributed by atoms with Crippen molar-refractivity contribution in [2.75, 3.05) is 32.8 Å². The predicted octanol–water partition coefficient (Wildman–Crippen LogP) is 1.87. The van der Waals surface area contributed by atoms with Gasteiger partial charge in [-0.1, -0.05) is 19.4 Å². The summed E-state index contributed by atoms with van der Waals surface area (Å²) in [6.07, 6.45) is 1.85. The van der Waals surface area contributed by atoms with Crippen LogP contribution < -0.4 is 14.8 Å². The third-order valence-electron chi connectivity index (χ3n) is 5.20. The smallest absolute Gasteiger partial charge is 0.325 e. The van der Waals surface area contributed by atoms with Crippen molar-refractivity contribution >= 4 is 17.8 Å². The minimum atomic E-state index is -1.26. The Morgan fingerprint density at radius 2 is 1.93 bits per heavy atom. The summed E-state index contributed by atoms with van der Waals surface area (Å²) in [5.41, 5.74) is -0.670. The van der Waals surface area contributed by atoms with Gasteiger partial charge >= 0.3 is 6.03 Å². The molecule has 4 amide bonds. The maximum absolute atomic E-state index is 13.1. The van der Waals surface area contributed by atoms with Crippen molar-refractivity contribution < 1.29 is 23.9 Å². The molecule has 1 fully saturated rings. The van der Waals surface area contributed by atoms with Crippen LogP contribution in [-0.4, -0.2) is 60.5 Å². The molecule has 1 aromatic carbocycles. The van der Waals surface area contributed by atoms with E-state index in [2.05, 4.69) is 12.2 Å². The summed E-state index contributed by atoms with van der Waals surface area (Å²) in [5.74, 6) is 0.468. The molecule has 0 bridgehead atoms. The van der Waals surface area contributed by atoms with Gasteiger partial charge in [0, 0.05) is 13.1 Å². The molecule has 2 heterocycles. The number of urea groups is 1. The Kier molecular flexibility index (Phi) is 5.76. The van der Waals surface area contributed by atoms with Crippen LogP contribution in [-0.2, 0) is 15.1 Å². The first kappa shape index (κ1) is 20.0. The highest BCUT2D eigenvalue weighted by Gasteiger charge is 2.50. The van der Waals surface area contributed by atoms with E-state index in [-0.39, 0.29) is 12.5 Å². The average Bonchev–Trinajstić information content (AvgIpc) is 2.92. The summed E-state index contributed by atoms with van der Waals surface area (Å²) < 4.78 is 11.1. The number of nitrogens with zero attached hydrogens (tertiary/aromatic N) is 2. The van der Waals surface area contributed by atoms with E-state index in [9.17, 15) is 14.4 Å². The molecule has 28 heavy (non-hydrogen) atoms. The fourth-order valence-corrected chi connectivity index (χ4v) is 3.43. The van der Waals surface area contributed by atoms with E-state index in [0.29, 0.717) is 43.4 Å². The van der Waals surface area contributed by atoms with Crippen LogP contribution >= 0.6 is 0 Å². The number of rotatable bonds is 7. The van der Waals surface area contributed by atoms with Gasteiger partial charge in [0.05, 0.1) is 0 Å². The second-order valence-electron chi connectivity index (χ2n) is 7.13. The highest BCUT2D eigenvalue weighted by atomic mass is 16.6. The van der Waals surface area contributed by atoms with Crippen LogP contribution in [0.25, 0.3) is 0 Å². The number of amides is 4. The summed E-state index contributed by atoms with van der Waals surface area (Å²) >= 11 is 0. The predicted molar refractivity (Wildman–Crippen MR) is 102 cm³/mol. The highest BCUT2D eigenvalue weighted by molar-refractivity contribution is 6.09. The molecule has 1 saturated heterocycles. The number of unbranched alkanes of at least 4 members (excludes halogenated alkanes) is 1. The van der Waals surface area contributed by atoms with Gasteiger partial charge in [-0.2, -0.15) is 0 Å². The number of ether oxygens (including phenoxy) is 2. The SMILES string of the molecule is CCCCN(CC)C(=O)CN1C(=O)N[C@](C)(c2ccc3c(c2)OCCO3)C1=O. The molecular formula is C20H27N3O5. The molecule has 1 aromatic rings. The molecule has 2 aliphatic heterocycles. The average molecular weight is 389 g/mol. The van der Waals surface area contributed by atoms with Crippen LogP contribution in [0, 0.1) is 0 Å². The van der Waals surface area contributed by atoms with Crippen molar-refractivity contribution in [3.8, 4) is 11.5 Å². The first-order chi connectivity index (χ1) is 13.4. The van der Waals surface area contributed by atoms with Gasteiger partial charge in [-0.05, 0) is 38.0 Å². The standard InChI is InChI=1S/C20H27N3O5/c1-4-6-9-22(5-2)17(24)13-23-18(25)20(3,21-19(23)26)14-7-8-15-16(12-14)28-11-10-27-15/h7-8,12H,4-6,9-11,13H2,1-3H3,(H,21,26)/t20-/m1/s1. The number of fused-ring (bicyclic) bond motifs is 1. The highest BCUT2D eigenvalue weighted by Crippen LogP contribution is 2.36. The first-order valence-corrected chi connectivity index (χ1v) is 9.72. The number of likely N-dealkylation sites (N-methyl/N-ethyl adjacent to an activating group) is 1. The van der Waals surface area contributed by atoms with Crippen LogP contribution in [0.3, 0.4) is 0 Å². The van der Waals surface area contributed by atoms with Crippen molar-refractivity contribution in [3.63, 3.8) is 0 Å². The number of hydrogen-bond donors (Lipinski definition) is 1. The van der Waals surface area contributed by atoms with Gasteiger partial charge in [0.15, 0.2) is 11.5 Å². The van der Waals surface area contributed by atoms with Gasteiger partial charge in [-0.25, -0.2) is 4.79 Å². The molecule has 3 rings (SSSR count). The number of hydrogen-bond acceptors (Lipinski definition) is 5. The molecule has 8 heteroatoms. The zero-order chi connectivity index (χ0) is 20.3. The number of carbonyl (C=O) groups is 3. The Labute approximate surface area is 164 Å². The Hall–Kier alpha value is -2.77. The van der Waals surface area contributed by atoms with E-state index in [4.69, 9.17) is 9.47 Å². The van der Waals surface area contributed by atoms with Crippen molar-refractivity contribution in [1.82, 2.24) is 15.1 Å². The van der Waals surface area contributed by atoms with Crippen LogP contribution in [0.2, 0.25) is 0 Å². The molecule has 0 radical (unpaired) electrons. The molecule has 0 aliphatic carbocycles. The fraction of sp³-hybridized carbons (Fsp3) is 0.550. The Balaban J connectivity index is 1.78. The lowest BCUT2D eigenvalue weighted by atomic mass is 9.91. The van der Waals surface area contributed by atoms with Crippen molar-refractivity contribution in [1.29, 1.82) is 0 Å². The molecule has 1 N–H and O–H groups in total. The molecule has 0 spiro atoms. The first-order valence-electron chi connectivity index (χ1n) is 9.72.